The van der Waals surface area contributed by atoms with E-state index in [1.807, 2.05) is 19.1 Å². The maximum atomic E-state index is 14.1. The summed E-state index contributed by atoms with van der Waals surface area (Å²) in [5.74, 6) is -1.18. The van der Waals surface area contributed by atoms with Crippen LogP contribution in [-0.2, 0) is 22.6 Å². The maximum absolute atomic E-state index is 14.1. The molecule has 1 aliphatic carbocycles. The zero-order valence-corrected chi connectivity index (χ0v) is 21.0. The van der Waals surface area contributed by atoms with Crippen LogP contribution in [0.25, 0.3) is 0 Å². The fraction of sp³-hybridized carbons (Fsp3) is 0.345. The summed E-state index contributed by atoms with van der Waals surface area (Å²) < 4.78 is 10.7. The van der Waals surface area contributed by atoms with Gasteiger partial charge in [-0.3, -0.25) is 14.4 Å². The lowest BCUT2D eigenvalue weighted by molar-refractivity contribution is -0.143. The largest absolute Gasteiger partial charge is 0.497 e. The summed E-state index contributed by atoms with van der Waals surface area (Å²) in [6.07, 6.45) is 4.54. The lowest BCUT2D eigenvalue weighted by Crippen LogP contribution is -2.58. The van der Waals surface area contributed by atoms with Crippen LogP contribution in [0.1, 0.15) is 64.4 Å². The van der Waals surface area contributed by atoms with Crippen LogP contribution in [0.3, 0.4) is 0 Å². The molecule has 1 aromatic heterocycles. The Kier molecular flexibility index (Phi) is 6.50. The number of carbonyl (C=O) groups excluding carboxylic acids is 2. The number of amides is 2. The normalized spacial score (nSPS) is 18.1. The zero-order valence-electron chi connectivity index (χ0n) is 21.0. The highest BCUT2D eigenvalue weighted by atomic mass is 16.5. The molecule has 192 valence electrons. The van der Waals surface area contributed by atoms with Gasteiger partial charge in [0.15, 0.2) is 0 Å². The highest BCUT2D eigenvalue weighted by Crippen LogP contribution is 2.52. The Morgan fingerprint density at radius 2 is 1.89 bits per heavy atom. The van der Waals surface area contributed by atoms with Gasteiger partial charge in [-0.2, -0.15) is 0 Å². The van der Waals surface area contributed by atoms with Crippen LogP contribution in [0.2, 0.25) is 0 Å². The molecule has 1 aliphatic heterocycles. The minimum absolute atomic E-state index is 0.101. The van der Waals surface area contributed by atoms with Crippen molar-refractivity contribution in [2.45, 2.75) is 57.0 Å². The van der Waals surface area contributed by atoms with E-state index in [4.69, 9.17) is 9.15 Å². The Balaban J connectivity index is 1.55. The van der Waals surface area contributed by atoms with E-state index in [0.29, 0.717) is 35.6 Å². The second-order valence-electron chi connectivity index (χ2n) is 9.90. The molecule has 0 bridgehead atoms. The molecule has 2 amide bonds. The van der Waals surface area contributed by atoms with E-state index < -0.39 is 17.4 Å². The standard InChI is InChI=1S/C29H30N2O6/c1-18-14-22-25(23(15-18)30-24(32)16-19-7-9-20(36-2)10-8-19)27(33)31(17-21-6-5-13-37-21)29(11-3-4-12-29)26(22)28(34)35/h5-10,13-15,26H,3-4,11-12,16-17H2,1-2H3,(H,30,32)(H,34,35)/t26-/m0/s1. The molecule has 1 atom stereocenters. The fourth-order valence-electron chi connectivity index (χ4n) is 5.98. The number of nitrogens with one attached hydrogen (secondary N) is 1. The van der Waals surface area contributed by atoms with Crippen molar-refractivity contribution in [1.82, 2.24) is 4.90 Å². The summed E-state index contributed by atoms with van der Waals surface area (Å²) in [4.78, 5) is 41.7. The van der Waals surface area contributed by atoms with Crippen molar-refractivity contribution in [3.8, 4) is 5.75 Å². The third kappa shape index (κ3) is 4.48. The predicted molar refractivity (Wildman–Crippen MR) is 137 cm³/mol. The summed E-state index contributed by atoms with van der Waals surface area (Å²) in [7, 11) is 1.58. The number of carboxylic acid groups (broad SMARTS) is 1. The number of aryl methyl sites for hydroxylation is 1. The molecule has 2 N–H and O–H groups in total. The van der Waals surface area contributed by atoms with E-state index in [9.17, 15) is 19.5 Å². The number of rotatable bonds is 7. The average molecular weight is 503 g/mol. The van der Waals surface area contributed by atoms with Gasteiger partial charge in [-0.25, -0.2) is 0 Å². The Hall–Kier alpha value is -4.07. The van der Waals surface area contributed by atoms with Crippen LogP contribution < -0.4 is 10.1 Å². The van der Waals surface area contributed by atoms with Crippen LogP contribution in [0, 0.1) is 6.92 Å². The molecular formula is C29H30N2O6. The van der Waals surface area contributed by atoms with E-state index in [0.717, 1.165) is 24.0 Å². The number of methoxy groups -OCH3 is 1. The molecule has 1 fully saturated rings. The number of aliphatic carboxylic acids is 1. The van der Waals surface area contributed by atoms with Gasteiger partial charge in [0.25, 0.3) is 5.91 Å². The fourth-order valence-corrected chi connectivity index (χ4v) is 5.98. The van der Waals surface area contributed by atoms with Gasteiger partial charge in [-0.1, -0.05) is 31.0 Å². The first kappa shape index (κ1) is 24.6. The average Bonchev–Trinajstić information content (AvgIpc) is 3.54. The summed E-state index contributed by atoms with van der Waals surface area (Å²) >= 11 is 0. The van der Waals surface area contributed by atoms with Gasteiger partial charge in [0.1, 0.15) is 17.4 Å². The van der Waals surface area contributed by atoms with Crippen molar-refractivity contribution in [2.75, 3.05) is 12.4 Å². The third-order valence-electron chi connectivity index (χ3n) is 7.57. The summed E-state index contributed by atoms with van der Waals surface area (Å²) in [5, 5.41) is 13.4. The molecule has 2 heterocycles. The Labute approximate surface area is 215 Å². The second kappa shape index (κ2) is 9.76. The molecule has 2 aromatic carbocycles. The molecule has 0 unspecified atom stereocenters. The number of nitrogens with zero attached hydrogens (tertiary/aromatic N) is 1. The molecule has 37 heavy (non-hydrogen) atoms. The van der Waals surface area contributed by atoms with Crippen molar-refractivity contribution < 1.29 is 28.6 Å². The summed E-state index contributed by atoms with van der Waals surface area (Å²) in [5.41, 5.74) is 1.77. The minimum Gasteiger partial charge on any atom is -0.497 e. The monoisotopic (exact) mass is 502 g/mol. The van der Waals surface area contributed by atoms with Crippen molar-refractivity contribution in [3.63, 3.8) is 0 Å². The minimum atomic E-state index is -0.971. The lowest BCUT2D eigenvalue weighted by atomic mass is 9.70. The van der Waals surface area contributed by atoms with E-state index in [1.165, 1.54) is 0 Å². The van der Waals surface area contributed by atoms with Crippen LogP contribution in [-0.4, -0.2) is 40.4 Å². The number of hydrogen-bond acceptors (Lipinski definition) is 5. The maximum Gasteiger partial charge on any atom is 0.313 e. The number of carbonyl (C=O) groups is 3. The molecule has 0 radical (unpaired) electrons. The number of furan rings is 1. The first-order valence-corrected chi connectivity index (χ1v) is 12.5. The summed E-state index contributed by atoms with van der Waals surface area (Å²) in [6, 6.07) is 14.2. The van der Waals surface area contributed by atoms with Gasteiger partial charge in [-0.05, 0) is 66.8 Å². The number of carboxylic acids is 1. The van der Waals surface area contributed by atoms with E-state index >= 15 is 0 Å². The van der Waals surface area contributed by atoms with Crippen molar-refractivity contribution in [2.24, 2.45) is 0 Å². The zero-order chi connectivity index (χ0) is 26.2. The first-order valence-electron chi connectivity index (χ1n) is 12.5. The molecule has 1 spiro atoms. The molecule has 5 rings (SSSR count). The number of benzene rings is 2. The van der Waals surface area contributed by atoms with Gasteiger partial charge in [0, 0.05) is 0 Å². The SMILES string of the molecule is COc1ccc(CC(=O)Nc2cc(C)cc3c2C(=O)N(Cc2ccco2)C2(CCCC2)[C@@H]3C(=O)O)cc1. The van der Waals surface area contributed by atoms with Gasteiger partial charge < -0.3 is 24.5 Å². The van der Waals surface area contributed by atoms with Gasteiger partial charge in [-0.15, -0.1) is 0 Å². The quantitative estimate of drug-likeness (QED) is 0.475. The topological polar surface area (TPSA) is 109 Å². The van der Waals surface area contributed by atoms with Gasteiger partial charge in [0.05, 0.1) is 43.1 Å². The van der Waals surface area contributed by atoms with Crippen molar-refractivity contribution in [1.29, 1.82) is 0 Å². The molecule has 2 aliphatic rings. The molecule has 0 saturated heterocycles. The molecular weight excluding hydrogens is 472 g/mol. The number of anilines is 1. The van der Waals surface area contributed by atoms with Gasteiger partial charge in [0.2, 0.25) is 5.91 Å². The first-order chi connectivity index (χ1) is 17.8. The Morgan fingerprint density at radius 1 is 1.16 bits per heavy atom. The Morgan fingerprint density at radius 3 is 2.51 bits per heavy atom. The predicted octanol–water partition coefficient (Wildman–Crippen LogP) is 4.91. The molecule has 1 saturated carbocycles. The second-order valence-corrected chi connectivity index (χ2v) is 9.90. The van der Waals surface area contributed by atoms with Crippen LogP contribution in [0.4, 0.5) is 5.69 Å². The van der Waals surface area contributed by atoms with E-state index in [-0.39, 0.29) is 30.3 Å². The van der Waals surface area contributed by atoms with Crippen molar-refractivity contribution in [3.05, 3.63) is 82.8 Å². The Bertz CT molecular complexity index is 1320. The summed E-state index contributed by atoms with van der Waals surface area (Å²) in [6.45, 7) is 2.02. The molecule has 8 nitrogen and oxygen atoms in total. The highest BCUT2D eigenvalue weighted by molar-refractivity contribution is 6.08. The van der Waals surface area contributed by atoms with E-state index in [1.54, 1.807) is 54.7 Å². The van der Waals surface area contributed by atoms with Gasteiger partial charge >= 0.3 is 5.97 Å². The number of fused-ring (bicyclic) bond motifs is 1. The number of ether oxygens (including phenoxy) is 1. The smallest absolute Gasteiger partial charge is 0.313 e. The highest BCUT2D eigenvalue weighted by Gasteiger charge is 2.56. The number of hydrogen-bond donors (Lipinski definition) is 2. The van der Waals surface area contributed by atoms with Crippen LogP contribution in [0.15, 0.2) is 59.2 Å². The van der Waals surface area contributed by atoms with Crippen LogP contribution >= 0.6 is 0 Å². The van der Waals surface area contributed by atoms with Crippen molar-refractivity contribution >= 4 is 23.5 Å². The molecule has 3 aromatic rings. The lowest BCUT2D eigenvalue weighted by Gasteiger charge is -2.49. The van der Waals surface area contributed by atoms with Crippen LogP contribution in [0.5, 0.6) is 5.75 Å². The van der Waals surface area contributed by atoms with E-state index in [2.05, 4.69) is 5.32 Å². The molecule has 8 heteroatoms. The third-order valence-corrected chi connectivity index (χ3v) is 7.57.